The van der Waals surface area contributed by atoms with Gasteiger partial charge < -0.3 is 9.80 Å². The van der Waals surface area contributed by atoms with Gasteiger partial charge in [0.05, 0.1) is 32.7 Å². The Labute approximate surface area is 137 Å². The molecule has 1 heterocycles. The molecule has 2 aromatic carbocycles. The molecule has 1 saturated heterocycles. The normalized spacial score (nSPS) is 15.4. The van der Waals surface area contributed by atoms with Crippen LogP contribution in [0.15, 0.2) is 67.3 Å². The van der Waals surface area contributed by atoms with Crippen LogP contribution in [-0.4, -0.2) is 43.5 Å². The summed E-state index contributed by atoms with van der Waals surface area (Å²) in [5.41, 5.74) is 3.09. The number of quaternary nitrogens is 1. The Balaban J connectivity index is 1.66. The molecule has 1 fully saturated rings. The van der Waals surface area contributed by atoms with Crippen molar-refractivity contribution in [2.45, 2.75) is 0 Å². The summed E-state index contributed by atoms with van der Waals surface area (Å²) in [4.78, 5) is 16.1. The van der Waals surface area contributed by atoms with E-state index in [-0.39, 0.29) is 5.91 Å². The fourth-order valence-corrected chi connectivity index (χ4v) is 3.05. The zero-order valence-electron chi connectivity index (χ0n) is 13.4. The van der Waals surface area contributed by atoms with E-state index in [0.717, 1.165) is 43.9 Å². The zero-order valence-corrected chi connectivity index (χ0v) is 13.4. The number of carbonyl (C=O) groups excluding carboxylic acids is 1. The Bertz CT molecular complexity index is 656. The molecular formula is C20H23N2O+. The van der Waals surface area contributed by atoms with E-state index in [0.29, 0.717) is 0 Å². The largest absolute Gasteiger partial charge is 0.329 e. The number of hydrogen-bond acceptors (Lipinski definition) is 1. The summed E-state index contributed by atoms with van der Waals surface area (Å²) in [5, 5.41) is 0. The van der Waals surface area contributed by atoms with E-state index in [9.17, 15) is 4.79 Å². The topological polar surface area (TPSA) is 24.8 Å². The summed E-state index contributed by atoms with van der Waals surface area (Å²) in [6.45, 7) is 8.41. The molecule has 1 amide bonds. The third kappa shape index (κ3) is 3.69. The van der Waals surface area contributed by atoms with Crippen LogP contribution >= 0.6 is 0 Å². The van der Waals surface area contributed by atoms with Gasteiger partial charge in [0.25, 0.3) is 5.91 Å². The Morgan fingerprint density at radius 3 is 2.22 bits per heavy atom. The molecule has 2 aromatic rings. The highest BCUT2D eigenvalue weighted by atomic mass is 16.2. The average molecular weight is 307 g/mol. The Morgan fingerprint density at radius 1 is 1.00 bits per heavy atom. The smallest absolute Gasteiger partial charge is 0.254 e. The number of hydrogen-bond donors (Lipinski definition) is 1. The zero-order chi connectivity index (χ0) is 16.1. The standard InChI is InChI=1S/C20H22N2O/c1-2-12-21-13-15-22(16-14-21)20(23)19-10-8-18(9-11-19)17-6-4-3-5-7-17/h2-11H,1,12-16H2/p+1. The van der Waals surface area contributed by atoms with Gasteiger partial charge in [0.15, 0.2) is 0 Å². The average Bonchev–Trinajstić information content (AvgIpc) is 2.63. The van der Waals surface area contributed by atoms with E-state index in [1.165, 1.54) is 10.5 Å². The lowest BCUT2D eigenvalue weighted by atomic mass is 10.0. The van der Waals surface area contributed by atoms with E-state index in [2.05, 4.69) is 18.7 Å². The second kappa shape index (κ2) is 7.25. The van der Waals surface area contributed by atoms with Gasteiger partial charge in [-0.25, -0.2) is 0 Å². The predicted octanol–water partition coefficient (Wildman–Crippen LogP) is 1.88. The van der Waals surface area contributed by atoms with E-state index in [1.807, 2.05) is 53.4 Å². The minimum Gasteiger partial charge on any atom is -0.329 e. The highest BCUT2D eigenvalue weighted by Crippen LogP contribution is 2.19. The second-order valence-electron chi connectivity index (χ2n) is 5.98. The SMILES string of the molecule is C=CC[NH+]1CCN(C(=O)c2ccc(-c3ccccc3)cc2)CC1. The van der Waals surface area contributed by atoms with Gasteiger partial charge in [-0.15, -0.1) is 0 Å². The van der Waals surface area contributed by atoms with Crippen molar-refractivity contribution in [1.29, 1.82) is 0 Å². The number of rotatable bonds is 4. The van der Waals surface area contributed by atoms with Crippen molar-refractivity contribution in [1.82, 2.24) is 4.90 Å². The lowest BCUT2D eigenvalue weighted by Crippen LogP contribution is -3.14. The molecule has 1 aliphatic rings. The number of carbonyl (C=O) groups is 1. The maximum Gasteiger partial charge on any atom is 0.254 e. The van der Waals surface area contributed by atoms with Crippen LogP contribution in [0.25, 0.3) is 11.1 Å². The maximum absolute atomic E-state index is 12.6. The molecule has 0 saturated carbocycles. The van der Waals surface area contributed by atoms with Gasteiger partial charge in [-0.3, -0.25) is 4.79 Å². The summed E-state index contributed by atoms with van der Waals surface area (Å²) in [7, 11) is 0. The van der Waals surface area contributed by atoms with E-state index in [1.54, 1.807) is 0 Å². The third-order valence-corrected chi connectivity index (χ3v) is 4.43. The van der Waals surface area contributed by atoms with Crippen molar-refractivity contribution < 1.29 is 9.69 Å². The minimum absolute atomic E-state index is 0.141. The van der Waals surface area contributed by atoms with Crippen molar-refractivity contribution in [3.05, 3.63) is 72.8 Å². The van der Waals surface area contributed by atoms with E-state index in [4.69, 9.17) is 0 Å². The van der Waals surface area contributed by atoms with Crippen LogP contribution in [0.4, 0.5) is 0 Å². The van der Waals surface area contributed by atoms with Gasteiger partial charge in [-0.2, -0.15) is 0 Å². The predicted molar refractivity (Wildman–Crippen MR) is 93.5 cm³/mol. The van der Waals surface area contributed by atoms with Crippen LogP contribution in [-0.2, 0) is 0 Å². The first-order valence-corrected chi connectivity index (χ1v) is 8.17. The number of benzene rings is 2. The van der Waals surface area contributed by atoms with Gasteiger partial charge in [-0.05, 0) is 29.3 Å². The Hall–Kier alpha value is -2.39. The summed E-state index contributed by atoms with van der Waals surface area (Å²) in [6, 6.07) is 18.2. The number of nitrogens with zero attached hydrogens (tertiary/aromatic N) is 1. The first-order chi connectivity index (χ1) is 11.3. The highest BCUT2D eigenvalue weighted by Gasteiger charge is 2.23. The van der Waals surface area contributed by atoms with E-state index >= 15 is 0 Å². The summed E-state index contributed by atoms with van der Waals surface area (Å²) in [6.07, 6.45) is 1.95. The maximum atomic E-state index is 12.6. The molecular weight excluding hydrogens is 284 g/mol. The molecule has 1 aliphatic heterocycles. The molecule has 0 aromatic heterocycles. The summed E-state index contributed by atoms with van der Waals surface area (Å²) < 4.78 is 0. The van der Waals surface area contributed by atoms with Crippen LogP contribution in [0.5, 0.6) is 0 Å². The van der Waals surface area contributed by atoms with Crippen LogP contribution < -0.4 is 4.90 Å². The number of amides is 1. The van der Waals surface area contributed by atoms with Gasteiger partial charge in [0, 0.05) is 5.56 Å². The second-order valence-corrected chi connectivity index (χ2v) is 5.98. The van der Waals surface area contributed by atoms with Crippen LogP contribution in [0.1, 0.15) is 10.4 Å². The molecule has 3 nitrogen and oxygen atoms in total. The van der Waals surface area contributed by atoms with Gasteiger partial charge in [0.1, 0.15) is 0 Å². The van der Waals surface area contributed by atoms with Crippen molar-refractivity contribution in [3.8, 4) is 11.1 Å². The molecule has 0 bridgehead atoms. The van der Waals surface area contributed by atoms with Gasteiger partial charge in [0.2, 0.25) is 0 Å². The fourth-order valence-electron chi connectivity index (χ4n) is 3.05. The molecule has 0 spiro atoms. The van der Waals surface area contributed by atoms with E-state index < -0.39 is 0 Å². The van der Waals surface area contributed by atoms with Crippen LogP contribution in [0.2, 0.25) is 0 Å². The highest BCUT2D eigenvalue weighted by molar-refractivity contribution is 5.94. The first-order valence-electron chi connectivity index (χ1n) is 8.17. The first kappa shape index (κ1) is 15.5. The molecule has 118 valence electrons. The number of nitrogens with one attached hydrogen (secondary N) is 1. The summed E-state index contributed by atoms with van der Waals surface area (Å²) >= 11 is 0. The molecule has 1 N–H and O–H groups in total. The minimum atomic E-state index is 0.141. The lowest BCUT2D eigenvalue weighted by molar-refractivity contribution is -0.898. The fraction of sp³-hybridized carbons (Fsp3) is 0.250. The van der Waals surface area contributed by atoms with Crippen molar-refractivity contribution in [2.24, 2.45) is 0 Å². The molecule has 0 unspecified atom stereocenters. The Kier molecular flexibility index (Phi) is 4.89. The van der Waals surface area contributed by atoms with Crippen LogP contribution in [0, 0.1) is 0 Å². The molecule has 0 aliphatic carbocycles. The molecule has 23 heavy (non-hydrogen) atoms. The monoisotopic (exact) mass is 307 g/mol. The summed E-state index contributed by atoms with van der Waals surface area (Å²) in [5.74, 6) is 0.141. The molecule has 3 heteroatoms. The molecule has 3 rings (SSSR count). The van der Waals surface area contributed by atoms with Crippen molar-refractivity contribution >= 4 is 5.91 Å². The Morgan fingerprint density at radius 2 is 1.61 bits per heavy atom. The quantitative estimate of drug-likeness (QED) is 0.857. The molecule has 0 radical (unpaired) electrons. The number of piperazine rings is 1. The van der Waals surface area contributed by atoms with Crippen LogP contribution in [0.3, 0.4) is 0 Å². The van der Waals surface area contributed by atoms with Gasteiger partial charge >= 0.3 is 0 Å². The van der Waals surface area contributed by atoms with Gasteiger partial charge in [-0.1, -0.05) is 49.0 Å². The van der Waals surface area contributed by atoms with Crippen molar-refractivity contribution in [3.63, 3.8) is 0 Å². The third-order valence-electron chi connectivity index (χ3n) is 4.43. The molecule has 0 atom stereocenters. The lowest BCUT2D eigenvalue weighted by Gasteiger charge is -2.31. The van der Waals surface area contributed by atoms with Crippen molar-refractivity contribution in [2.75, 3.05) is 32.7 Å².